The van der Waals surface area contributed by atoms with Crippen molar-refractivity contribution in [3.8, 4) is 0 Å². The zero-order valence-corrected chi connectivity index (χ0v) is 14.7. The van der Waals surface area contributed by atoms with Crippen LogP contribution in [0.2, 0.25) is 0 Å². The van der Waals surface area contributed by atoms with Crippen LogP contribution in [0.15, 0.2) is 42.0 Å². The van der Waals surface area contributed by atoms with Crippen molar-refractivity contribution < 1.29 is 19.1 Å². The van der Waals surface area contributed by atoms with Gasteiger partial charge in [-0.1, -0.05) is 42.0 Å². The summed E-state index contributed by atoms with van der Waals surface area (Å²) in [5, 5.41) is 0. The van der Waals surface area contributed by atoms with Gasteiger partial charge in [-0.15, -0.1) is 0 Å². The second-order valence-electron chi connectivity index (χ2n) is 6.85. The molecule has 1 spiro atoms. The molecule has 1 aliphatic heterocycles. The van der Waals surface area contributed by atoms with Gasteiger partial charge in [0, 0.05) is 6.54 Å². The Balaban J connectivity index is 1.64. The third kappa shape index (κ3) is 4.03. The second-order valence-corrected chi connectivity index (χ2v) is 6.85. The maximum absolute atomic E-state index is 12.7. The highest BCUT2D eigenvalue weighted by Gasteiger charge is 2.45. The molecule has 25 heavy (non-hydrogen) atoms. The molecule has 1 aliphatic carbocycles. The third-order valence-electron chi connectivity index (χ3n) is 5.22. The number of methoxy groups -OCH3 is 1. The molecule has 1 fully saturated rings. The van der Waals surface area contributed by atoms with Crippen LogP contribution in [0.25, 0.3) is 0 Å². The first-order valence-corrected chi connectivity index (χ1v) is 8.86. The zero-order chi connectivity index (χ0) is 17.7. The van der Waals surface area contributed by atoms with Gasteiger partial charge in [-0.2, -0.15) is 0 Å². The first-order valence-electron chi connectivity index (χ1n) is 8.86. The van der Waals surface area contributed by atoms with Gasteiger partial charge in [-0.05, 0) is 37.7 Å². The first-order chi connectivity index (χ1) is 12.1. The van der Waals surface area contributed by atoms with Gasteiger partial charge in [0.2, 0.25) is 0 Å². The summed E-state index contributed by atoms with van der Waals surface area (Å²) in [6.07, 6.45) is 6.67. The van der Waals surface area contributed by atoms with Crippen molar-refractivity contribution in [2.45, 2.75) is 50.7 Å². The van der Waals surface area contributed by atoms with Crippen LogP contribution in [0.5, 0.6) is 0 Å². The standard InChI is InChI=1S/C20H25NO4/c1-24-18(22)13-17-9-5-10-20(14-17)11-6-12-21(20)19(23)25-15-16-7-3-2-4-8-16/h2-4,7-9H,5-6,10-15H2,1H3. The van der Waals surface area contributed by atoms with E-state index in [1.165, 1.54) is 7.11 Å². The molecule has 1 amide bonds. The molecule has 0 aromatic heterocycles. The molecule has 0 saturated carbocycles. The van der Waals surface area contributed by atoms with Gasteiger partial charge in [0.25, 0.3) is 0 Å². The van der Waals surface area contributed by atoms with Gasteiger partial charge in [-0.25, -0.2) is 4.79 Å². The fourth-order valence-corrected chi connectivity index (χ4v) is 3.98. The smallest absolute Gasteiger partial charge is 0.410 e. The van der Waals surface area contributed by atoms with Crippen molar-refractivity contribution >= 4 is 12.1 Å². The number of hydrogen-bond donors (Lipinski definition) is 0. The number of nitrogens with zero attached hydrogens (tertiary/aromatic N) is 1. The van der Waals surface area contributed by atoms with Crippen molar-refractivity contribution in [3.63, 3.8) is 0 Å². The number of esters is 1. The van der Waals surface area contributed by atoms with E-state index < -0.39 is 0 Å². The number of amides is 1. The van der Waals surface area contributed by atoms with E-state index in [-0.39, 0.29) is 24.2 Å². The Morgan fingerprint density at radius 2 is 2.00 bits per heavy atom. The summed E-state index contributed by atoms with van der Waals surface area (Å²) in [5.74, 6) is -0.223. The second kappa shape index (κ2) is 7.72. The number of carbonyl (C=O) groups excluding carboxylic acids is 2. The van der Waals surface area contributed by atoms with Crippen LogP contribution in [0.3, 0.4) is 0 Å². The number of ether oxygens (including phenoxy) is 2. The average molecular weight is 343 g/mol. The van der Waals surface area contributed by atoms with E-state index in [0.717, 1.165) is 49.8 Å². The SMILES string of the molecule is COC(=O)CC1=CCCC2(CCCN2C(=O)OCc2ccccc2)C1. The Labute approximate surface area is 148 Å². The highest BCUT2D eigenvalue weighted by atomic mass is 16.6. The zero-order valence-electron chi connectivity index (χ0n) is 14.7. The fraction of sp³-hybridized carbons (Fsp3) is 0.500. The maximum Gasteiger partial charge on any atom is 0.410 e. The van der Waals surface area contributed by atoms with Gasteiger partial charge in [-0.3, -0.25) is 4.79 Å². The van der Waals surface area contributed by atoms with Gasteiger partial charge < -0.3 is 14.4 Å². The van der Waals surface area contributed by atoms with Crippen LogP contribution in [-0.4, -0.2) is 36.2 Å². The highest BCUT2D eigenvalue weighted by Crippen LogP contribution is 2.42. The molecule has 1 saturated heterocycles. The lowest BCUT2D eigenvalue weighted by Crippen LogP contribution is -2.48. The average Bonchev–Trinajstić information content (AvgIpc) is 3.03. The molecule has 1 aromatic rings. The summed E-state index contributed by atoms with van der Waals surface area (Å²) >= 11 is 0. The van der Waals surface area contributed by atoms with Crippen LogP contribution in [-0.2, 0) is 20.9 Å². The van der Waals surface area contributed by atoms with Crippen molar-refractivity contribution in [3.05, 3.63) is 47.5 Å². The van der Waals surface area contributed by atoms with Crippen molar-refractivity contribution in [1.82, 2.24) is 4.90 Å². The molecule has 1 aromatic carbocycles. The summed E-state index contributed by atoms with van der Waals surface area (Å²) < 4.78 is 10.3. The molecule has 5 heteroatoms. The van der Waals surface area contributed by atoms with E-state index in [1.54, 1.807) is 0 Å². The van der Waals surface area contributed by atoms with Crippen LogP contribution < -0.4 is 0 Å². The number of hydrogen-bond acceptors (Lipinski definition) is 4. The normalized spacial score (nSPS) is 22.6. The number of rotatable bonds is 4. The molecule has 5 nitrogen and oxygen atoms in total. The Hall–Kier alpha value is -2.30. The van der Waals surface area contributed by atoms with E-state index in [9.17, 15) is 9.59 Å². The van der Waals surface area contributed by atoms with E-state index in [1.807, 2.05) is 35.2 Å². The Bertz CT molecular complexity index is 655. The van der Waals surface area contributed by atoms with E-state index >= 15 is 0 Å². The molecule has 0 radical (unpaired) electrons. The molecule has 3 rings (SSSR count). The molecule has 1 unspecified atom stereocenters. The Kier molecular flexibility index (Phi) is 5.41. The molecule has 0 N–H and O–H groups in total. The molecule has 1 atom stereocenters. The molecule has 1 heterocycles. The monoisotopic (exact) mass is 343 g/mol. The lowest BCUT2D eigenvalue weighted by Gasteiger charge is -2.40. The summed E-state index contributed by atoms with van der Waals surface area (Å²) in [6, 6.07) is 9.71. The summed E-state index contributed by atoms with van der Waals surface area (Å²) in [7, 11) is 1.41. The Morgan fingerprint density at radius 1 is 1.20 bits per heavy atom. The lowest BCUT2D eigenvalue weighted by molar-refractivity contribution is -0.139. The van der Waals surface area contributed by atoms with Crippen LogP contribution in [0.4, 0.5) is 4.79 Å². The molecule has 0 bridgehead atoms. The highest BCUT2D eigenvalue weighted by molar-refractivity contribution is 5.73. The van der Waals surface area contributed by atoms with Crippen molar-refractivity contribution in [1.29, 1.82) is 0 Å². The quantitative estimate of drug-likeness (QED) is 0.616. The molecular formula is C20H25NO4. The minimum Gasteiger partial charge on any atom is -0.469 e. The van der Waals surface area contributed by atoms with E-state index in [0.29, 0.717) is 6.42 Å². The van der Waals surface area contributed by atoms with E-state index in [2.05, 4.69) is 6.08 Å². The minimum atomic E-state index is -0.249. The van der Waals surface area contributed by atoms with Crippen LogP contribution >= 0.6 is 0 Å². The number of allylic oxidation sites excluding steroid dienone is 1. The summed E-state index contributed by atoms with van der Waals surface area (Å²) in [5.41, 5.74) is 1.85. The fourth-order valence-electron chi connectivity index (χ4n) is 3.98. The van der Waals surface area contributed by atoms with Crippen LogP contribution in [0, 0.1) is 0 Å². The van der Waals surface area contributed by atoms with Gasteiger partial charge in [0.05, 0.1) is 19.1 Å². The maximum atomic E-state index is 12.7. The van der Waals surface area contributed by atoms with Gasteiger partial charge >= 0.3 is 12.1 Å². The Morgan fingerprint density at radius 3 is 2.76 bits per heavy atom. The van der Waals surface area contributed by atoms with Crippen molar-refractivity contribution in [2.75, 3.05) is 13.7 Å². The largest absolute Gasteiger partial charge is 0.469 e. The summed E-state index contributed by atoms with van der Waals surface area (Å²) in [4.78, 5) is 26.1. The number of likely N-dealkylation sites (tertiary alicyclic amines) is 1. The minimum absolute atomic E-state index is 0.203. The number of carbonyl (C=O) groups is 2. The topological polar surface area (TPSA) is 55.8 Å². The molecule has 134 valence electrons. The van der Waals surface area contributed by atoms with Gasteiger partial charge in [0.15, 0.2) is 0 Å². The molecule has 2 aliphatic rings. The van der Waals surface area contributed by atoms with Crippen molar-refractivity contribution in [2.24, 2.45) is 0 Å². The van der Waals surface area contributed by atoms with Crippen LogP contribution in [0.1, 0.15) is 44.1 Å². The first kappa shape index (κ1) is 17.5. The lowest BCUT2D eigenvalue weighted by atomic mass is 9.79. The number of benzene rings is 1. The van der Waals surface area contributed by atoms with E-state index in [4.69, 9.17) is 9.47 Å². The third-order valence-corrected chi connectivity index (χ3v) is 5.22. The predicted octanol–water partition coefficient (Wildman–Crippen LogP) is 3.83. The predicted molar refractivity (Wildman–Crippen MR) is 93.9 cm³/mol. The summed E-state index contributed by atoms with van der Waals surface area (Å²) in [6.45, 7) is 1.01. The van der Waals surface area contributed by atoms with Gasteiger partial charge in [0.1, 0.15) is 6.61 Å². The molecular weight excluding hydrogens is 318 g/mol.